The number of piperidine rings is 1. The number of fused-ring (bicyclic) bond motifs is 1. The van der Waals surface area contributed by atoms with Gasteiger partial charge in [-0.2, -0.15) is 0 Å². The van der Waals surface area contributed by atoms with Crippen molar-refractivity contribution in [3.8, 4) is 0 Å². The normalized spacial score (nSPS) is 18.6. The van der Waals surface area contributed by atoms with Gasteiger partial charge in [-0.15, -0.1) is 0 Å². The number of carbonyl (C=O) groups excluding carboxylic acids is 4. The number of urea groups is 1. The SMILES string of the molecule is Bc1ccc2c(c1)c(C[C@@H](NC(=O)[C@H](CC(C)(C)C)NC(=O)N1[C@H](C)CCC[C@@H]1C)C(=O)N[C@H](CCCC)C(=O)O)cn2C(=O)OC. The maximum atomic E-state index is 14.1. The Morgan fingerprint density at radius 3 is 2.19 bits per heavy atom. The molecule has 0 spiro atoms. The van der Waals surface area contributed by atoms with Crippen LogP contribution in [0.5, 0.6) is 0 Å². The summed E-state index contributed by atoms with van der Waals surface area (Å²) in [4.78, 5) is 67.9. The minimum atomic E-state index is -1.21. The van der Waals surface area contributed by atoms with Crippen LogP contribution in [0.3, 0.4) is 0 Å². The van der Waals surface area contributed by atoms with Gasteiger partial charge in [-0.1, -0.05) is 58.1 Å². The molecule has 1 aliphatic heterocycles. The Kier molecular flexibility index (Phi) is 12.9. The van der Waals surface area contributed by atoms with E-state index in [1.54, 1.807) is 17.2 Å². The Bertz CT molecular complexity index is 1440. The smallest absolute Gasteiger partial charge is 0.418 e. The van der Waals surface area contributed by atoms with Crippen LogP contribution in [0, 0.1) is 5.41 Å². The lowest BCUT2D eigenvalue weighted by molar-refractivity contribution is -0.142. The molecule has 1 fully saturated rings. The third-order valence-corrected chi connectivity index (χ3v) is 8.79. The van der Waals surface area contributed by atoms with Crippen molar-refractivity contribution >= 4 is 54.1 Å². The lowest BCUT2D eigenvalue weighted by atomic mass is 9.87. The molecule has 0 bridgehead atoms. The molecule has 4 N–H and O–H groups in total. The summed E-state index contributed by atoms with van der Waals surface area (Å²) in [5, 5.41) is 18.9. The predicted octanol–water partition coefficient (Wildman–Crippen LogP) is 3.08. The number of benzene rings is 1. The first kappa shape index (κ1) is 37.4. The van der Waals surface area contributed by atoms with Crippen LogP contribution in [0.15, 0.2) is 24.4 Å². The van der Waals surface area contributed by atoms with Crippen LogP contribution in [0.2, 0.25) is 0 Å². The van der Waals surface area contributed by atoms with E-state index >= 15 is 0 Å². The van der Waals surface area contributed by atoms with Gasteiger partial charge in [-0.3, -0.25) is 14.2 Å². The van der Waals surface area contributed by atoms with Gasteiger partial charge in [-0.05, 0) is 63.0 Å². The average Bonchev–Trinajstić information content (AvgIpc) is 3.34. The lowest BCUT2D eigenvalue weighted by Gasteiger charge is -2.40. The number of unbranched alkanes of at least 4 members (excludes halogenated alkanes) is 1. The molecule has 5 atom stereocenters. The number of likely N-dealkylation sites (tertiary alicyclic amines) is 1. The standard InChI is InChI=1S/C34H52BN5O7/c1-8-9-13-25(31(43)44)36-29(41)26(16-22-19-39(33(46)47-7)28-15-14-23(35)17-24(22)28)37-30(42)27(18-34(4,5)6)38-32(45)40-20(2)11-10-12-21(40)3/h14-15,17,19-21,25-27H,8-13,16,18,35H2,1-7H3,(H,36,41)(H,37,42)(H,38,45)(H,43,44)/t20-,21+,25-,26-,27+/m1/s1. The van der Waals surface area contributed by atoms with E-state index in [-0.39, 0.29) is 36.4 Å². The molecule has 2 heterocycles. The van der Waals surface area contributed by atoms with Gasteiger partial charge in [0.2, 0.25) is 11.8 Å². The topological polar surface area (TPSA) is 159 Å². The summed E-state index contributed by atoms with van der Waals surface area (Å²) in [7, 11) is 3.18. The van der Waals surface area contributed by atoms with Crippen molar-refractivity contribution in [3.63, 3.8) is 0 Å². The number of amides is 4. The van der Waals surface area contributed by atoms with Gasteiger partial charge in [0.25, 0.3) is 0 Å². The zero-order valence-corrected chi connectivity index (χ0v) is 29.1. The molecule has 3 rings (SSSR count). The molecule has 2 aromatic rings. The number of methoxy groups -OCH3 is 1. The fourth-order valence-electron chi connectivity index (χ4n) is 6.33. The number of nitrogens with one attached hydrogen (secondary N) is 3. The number of aliphatic carboxylic acids is 1. The number of aromatic nitrogens is 1. The van der Waals surface area contributed by atoms with Crippen LogP contribution >= 0.6 is 0 Å². The number of carbonyl (C=O) groups is 5. The molecule has 258 valence electrons. The maximum Gasteiger partial charge on any atom is 0.418 e. The summed E-state index contributed by atoms with van der Waals surface area (Å²) in [6.07, 6.45) is 5.54. The van der Waals surface area contributed by atoms with E-state index in [4.69, 9.17) is 4.74 Å². The van der Waals surface area contributed by atoms with Gasteiger partial charge in [0.15, 0.2) is 0 Å². The molecule has 0 saturated carbocycles. The highest BCUT2D eigenvalue weighted by Crippen LogP contribution is 2.26. The van der Waals surface area contributed by atoms with E-state index in [1.165, 1.54) is 11.7 Å². The zero-order chi connectivity index (χ0) is 35.1. The molecule has 1 aliphatic rings. The van der Waals surface area contributed by atoms with Crippen LogP contribution in [0.4, 0.5) is 9.59 Å². The highest BCUT2D eigenvalue weighted by molar-refractivity contribution is 6.33. The number of ether oxygens (including phenoxy) is 1. The number of carboxylic acids is 1. The van der Waals surface area contributed by atoms with E-state index in [9.17, 15) is 29.1 Å². The largest absolute Gasteiger partial charge is 0.480 e. The Labute approximate surface area is 278 Å². The van der Waals surface area contributed by atoms with E-state index in [0.29, 0.717) is 29.3 Å². The minimum absolute atomic E-state index is 0.0160. The molecular weight excluding hydrogens is 601 g/mol. The number of rotatable bonds is 12. The monoisotopic (exact) mass is 653 g/mol. The van der Waals surface area contributed by atoms with E-state index in [1.807, 2.05) is 61.5 Å². The number of hydrogen-bond acceptors (Lipinski definition) is 6. The first-order chi connectivity index (χ1) is 22.1. The van der Waals surface area contributed by atoms with Crippen molar-refractivity contribution in [1.82, 2.24) is 25.4 Å². The van der Waals surface area contributed by atoms with Gasteiger partial charge in [0, 0.05) is 30.1 Å². The number of hydrogen-bond donors (Lipinski definition) is 4. The van der Waals surface area contributed by atoms with Crippen LogP contribution in [0.1, 0.15) is 92.1 Å². The molecule has 4 amide bonds. The molecule has 1 aromatic heterocycles. The molecule has 0 radical (unpaired) electrons. The van der Waals surface area contributed by atoms with Crippen molar-refractivity contribution in [2.45, 2.75) is 123 Å². The predicted molar refractivity (Wildman–Crippen MR) is 184 cm³/mol. The third kappa shape index (κ3) is 9.98. The number of carboxylic acid groups (broad SMARTS) is 1. The second-order valence-electron chi connectivity index (χ2n) is 14.1. The minimum Gasteiger partial charge on any atom is -0.480 e. The Balaban J connectivity index is 2.00. The molecule has 47 heavy (non-hydrogen) atoms. The van der Waals surface area contributed by atoms with Gasteiger partial charge < -0.3 is 30.7 Å². The van der Waals surface area contributed by atoms with Gasteiger partial charge in [0.05, 0.1) is 12.6 Å². The summed E-state index contributed by atoms with van der Waals surface area (Å²) in [5.74, 6) is -2.40. The van der Waals surface area contributed by atoms with Crippen molar-refractivity contribution < 1.29 is 33.8 Å². The van der Waals surface area contributed by atoms with E-state index < -0.39 is 42.0 Å². The third-order valence-electron chi connectivity index (χ3n) is 8.79. The molecular formula is C34H52BN5O7. The lowest BCUT2D eigenvalue weighted by Crippen LogP contribution is -2.60. The van der Waals surface area contributed by atoms with E-state index in [0.717, 1.165) is 31.1 Å². The van der Waals surface area contributed by atoms with Crippen LogP contribution in [0.25, 0.3) is 10.9 Å². The van der Waals surface area contributed by atoms with Crippen LogP contribution in [-0.4, -0.2) is 89.6 Å². The average molecular weight is 654 g/mol. The molecule has 1 aromatic carbocycles. The fourth-order valence-corrected chi connectivity index (χ4v) is 6.33. The van der Waals surface area contributed by atoms with Gasteiger partial charge in [-0.25, -0.2) is 14.4 Å². The molecule has 13 heteroatoms. The van der Waals surface area contributed by atoms with Crippen molar-refractivity contribution in [2.75, 3.05) is 7.11 Å². The summed E-state index contributed by atoms with van der Waals surface area (Å²) < 4.78 is 6.31. The Hall–Kier alpha value is -4.03. The summed E-state index contributed by atoms with van der Waals surface area (Å²) in [5.41, 5.74) is 1.72. The Morgan fingerprint density at radius 1 is 1.00 bits per heavy atom. The summed E-state index contributed by atoms with van der Waals surface area (Å²) in [6, 6.07) is 1.89. The fraction of sp³-hybridized carbons (Fsp3) is 0.618. The van der Waals surface area contributed by atoms with Crippen molar-refractivity contribution in [2.24, 2.45) is 5.41 Å². The number of nitrogens with zero attached hydrogens (tertiary/aromatic N) is 2. The summed E-state index contributed by atoms with van der Waals surface area (Å²) in [6.45, 7) is 11.8. The van der Waals surface area contributed by atoms with Crippen LogP contribution < -0.4 is 21.4 Å². The molecule has 0 unspecified atom stereocenters. The molecule has 12 nitrogen and oxygen atoms in total. The molecule has 0 aliphatic carbocycles. The van der Waals surface area contributed by atoms with Gasteiger partial charge >= 0.3 is 18.1 Å². The second kappa shape index (κ2) is 16.2. The maximum absolute atomic E-state index is 14.1. The van der Waals surface area contributed by atoms with Crippen molar-refractivity contribution in [3.05, 3.63) is 30.0 Å². The summed E-state index contributed by atoms with van der Waals surface area (Å²) >= 11 is 0. The highest BCUT2D eigenvalue weighted by Gasteiger charge is 2.35. The van der Waals surface area contributed by atoms with Crippen LogP contribution in [-0.2, 0) is 25.5 Å². The Morgan fingerprint density at radius 2 is 1.62 bits per heavy atom. The first-order valence-electron chi connectivity index (χ1n) is 16.7. The van der Waals surface area contributed by atoms with Crippen molar-refractivity contribution in [1.29, 1.82) is 0 Å². The second-order valence-corrected chi connectivity index (χ2v) is 14.1. The van der Waals surface area contributed by atoms with Gasteiger partial charge in [0.1, 0.15) is 26.0 Å². The zero-order valence-electron chi connectivity index (χ0n) is 29.1. The molecule has 1 saturated heterocycles. The first-order valence-corrected chi connectivity index (χ1v) is 16.7. The quantitative estimate of drug-likeness (QED) is 0.256. The van der Waals surface area contributed by atoms with E-state index in [2.05, 4.69) is 16.0 Å². The highest BCUT2D eigenvalue weighted by atomic mass is 16.5.